The molecule has 1 saturated carbocycles. The molecule has 8 heteroatoms. The van der Waals surface area contributed by atoms with E-state index in [1.54, 1.807) is 0 Å². The number of aromatic nitrogens is 2. The number of nitrogens with zero attached hydrogens (tertiary/aromatic N) is 4. The molecule has 0 radical (unpaired) electrons. The Labute approximate surface area is 208 Å². The third-order valence-electron chi connectivity index (χ3n) is 6.91. The Balaban J connectivity index is 1.56. The first-order chi connectivity index (χ1) is 16.8. The first-order valence-electron chi connectivity index (χ1n) is 12.5. The van der Waals surface area contributed by atoms with E-state index in [0.717, 1.165) is 35.5 Å². The Morgan fingerprint density at radius 2 is 1.97 bits per heavy atom. The predicted molar refractivity (Wildman–Crippen MR) is 143 cm³/mol. The maximum atomic E-state index is 11.5. The minimum Gasteiger partial charge on any atom is -0.351 e. The van der Waals surface area contributed by atoms with Crippen LogP contribution in [0.3, 0.4) is 0 Å². The van der Waals surface area contributed by atoms with Crippen LogP contribution < -0.4 is 16.0 Å². The summed E-state index contributed by atoms with van der Waals surface area (Å²) in [6.07, 6.45) is 7.82. The number of carbonyl (C=O) groups excluding carboxylic acids is 1. The van der Waals surface area contributed by atoms with Gasteiger partial charge < -0.3 is 20.9 Å². The van der Waals surface area contributed by atoms with Gasteiger partial charge in [0.15, 0.2) is 5.82 Å². The van der Waals surface area contributed by atoms with Crippen LogP contribution in [0.25, 0.3) is 0 Å². The number of hydrogen-bond acceptors (Lipinski definition) is 7. The summed E-state index contributed by atoms with van der Waals surface area (Å²) in [5, 5.41) is 9.89. The van der Waals surface area contributed by atoms with E-state index in [9.17, 15) is 4.79 Å². The lowest BCUT2D eigenvalue weighted by atomic mass is 9.90. The molecule has 1 aromatic carbocycles. The molecule has 1 aliphatic heterocycles. The topological polar surface area (TPSA) is 94.5 Å². The SMILES string of the molecule is C=CC(=O)NCc1cccc(Nc2nc(N[C@H]3CC[C@H](N(C)C)CC3)nc3c2N=CC3C(C)C)c1. The highest BCUT2D eigenvalue weighted by molar-refractivity contribution is 5.87. The predicted octanol–water partition coefficient (Wildman–Crippen LogP) is 4.76. The number of rotatable bonds is 9. The number of benzene rings is 1. The summed E-state index contributed by atoms with van der Waals surface area (Å²) in [4.78, 5) is 28.3. The molecule has 0 bridgehead atoms. The molecule has 0 spiro atoms. The normalized spacial score (nSPS) is 21.1. The first-order valence-corrected chi connectivity index (χ1v) is 12.5. The van der Waals surface area contributed by atoms with Crippen molar-refractivity contribution in [2.24, 2.45) is 10.9 Å². The molecule has 1 fully saturated rings. The largest absolute Gasteiger partial charge is 0.351 e. The molecule has 2 heterocycles. The average molecular weight is 476 g/mol. The lowest BCUT2D eigenvalue weighted by Gasteiger charge is -2.33. The molecule has 186 valence electrons. The van der Waals surface area contributed by atoms with E-state index in [1.807, 2.05) is 30.5 Å². The zero-order valence-corrected chi connectivity index (χ0v) is 21.2. The van der Waals surface area contributed by atoms with Gasteiger partial charge in [0.2, 0.25) is 11.9 Å². The van der Waals surface area contributed by atoms with Crippen molar-refractivity contribution in [2.45, 2.75) is 64.1 Å². The Morgan fingerprint density at radius 3 is 2.66 bits per heavy atom. The molecule has 0 saturated heterocycles. The van der Waals surface area contributed by atoms with E-state index in [4.69, 9.17) is 15.0 Å². The Morgan fingerprint density at radius 1 is 1.20 bits per heavy atom. The fraction of sp³-hybridized carbons (Fsp3) is 0.481. The van der Waals surface area contributed by atoms with Crippen LogP contribution in [-0.4, -0.2) is 53.2 Å². The van der Waals surface area contributed by atoms with Crippen molar-refractivity contribution in [3.8, 4) is 0 Å². The molecule has 1 atom stereocenters. The first kappa shape index (κ1) is 24.9. The van der Waals surface area contributed by atoms with Crippen LogP contribution in [-0.2, 0) is 11.3 Å². The fourth-order valence-electron chi connectivity index (χ4n) is 4.77. The average Bonchev–Trinajstić information content (AvgIpc) is 3.28. The highest BCUT2D eigenvalue weighted by Gasteiger charge is 2.29. The monoisotopic (exact) mass is 475 g/mol. The number of hydrogen-bond donors (Lipinski definition) is 3. The van der Waals surface area contributed by atoms with Crippen LogP contribution in [0.15, 0.2) is 41.9 Å². The summed E-state index contributed by atoms with van der Waals surface area (Å²) >= 11 is 0. The second kappa shape index (κ2) is 11.0. The summed E-state index contributed by atoms with van der Waals surface area (Å²) < 4.78 is 0. The number of aliphatic imine (C=N–C) groups is 1. The van der Waals surface area contributed by atoms with E-state index >= 15 is 0 Å². The van der Waals surface area contributed by atoms with Gasteiger partial charge in [0.05, 0.1) is 5.69 Å². The van der Waals surface area contributed by atoms with Crippen molar-refractivity contribution in [3.05, 3.63) is 48.2 Å². The van der Waals surface area contributed by atoms with Crippen LogP contribution in [0, 0.1) is 5.92 Å². The molecule has 3 N–H and O–H groups in total. The van der Waals surface area contributed by atoms with Gasteiger partial charge in [-0.15, -0.1) is 0 Å². The van der Waals surface area contributed by atoms with Gasteiger partial charge in [0, 0.05) is 36.4 Å². The maximum Gasteiger partial charge on any atom is 0.243 e. The van der Waals surface area contributed by atoms with Crippen molar-refractivity contribution in [2.75, 3.05) is 24.7 Å². The quantitative estimate of drug-likeness (QED) is 0.453. The molecule has 1 unspecified atom stereocenters. The zero-order valence-electron chi connectivity index (χ0n) is 21.2. The van der Waals surface area contributed by atoms with Crippen LogP contribution in [0.5, 0.6) is 0 Å². The van der Waals surface area contributed by atoms with E-state index in [1.165, 1.54) is 18.9 Å². The Hall–Kier alpha value is -3.26. The van der Waals surface area contributed by atoms with Crippen molar-refractivity contribution >= 4 is 35.3 Å². The van der Waals surface area contributed by atoms with Gasteiger partial charge in [-0.3, -0.25) is 9.79 Å². The molecule has 35 heavy (non-hydrogen) atoms. The molecular formula is C27H37N7O. The van der Waals surface area contributed by atoms with Gasteiger partial charge in [0.25, 0.3) is 0 Å². The van der Waals surface area contributed by atoms with Gasteiger partial charge in [0.1, 0.15) is 5.69 Å². The standard InChI is InChI=1S/C27H37N7O/c1-6-23(35)28-15-18-8-7-9-20(14-18)30-26-25-24(22(16-29-25)17(2)3)32-27(33-26)31-19-10-12-21(13-11-19)34(4)5/h6-9,14,16-17,19,21-22H,1,10-13,15H2,2-5H3,(H,28,35)(H2,30,31,32,33)/t19-,21-,22?. The maximum absolute atomic E-state index is 11.5. The molecule has 2 aliphatic rings. The molecular weight excluding hydrogens is 438 g/mol. The molecule has 1 amide bonds. The minimum atomic E-state index is -0.193. The fourth-order valence-corrected chi connectivity index (χ4v) is 4.77. The third kappa shape index (κ3) is 6.06. The van der Waals surface area contributed by atoms with E-state index in [2.05, 4.69) is 55.4 Å². The summed E-state index contributed by atoms with van der Waals surface area (Å²) in [7, 11) is 4.32. The highest BCUT2D eigenvalue weighted by Crippen LogP contribution is 2.41. The van der Waals surface area contributed by atoms with Gasteiger partial charge in [-0.2, -0.15) is 4.98 Å². The molecule has 8 nitrogen and oxygen atoms in total. The number of fused-ring (bicyclic) bond motifs is 1. The van der Waals surface area contributed by atoms with Crippen molar-refractivity contribution in [1.29, 1.82) is 0 Å². The van der Waals surface area contributed by atoms with Crippen molar-refractivity contribution in [1.82, 2.24) is 20.2 Å². The smallest absolute Gasteiger partial charge is 0.243 e. The minimum absolute atomic E-state index is 0.166. The van der Waals surface area contributed by atoms with Crippen molar-refractivity contribution in [3.63, 3.8) is 0 Å². The van der Waals surface area contributed by atoms with Crippen molar-refractivity contribution < 1.29 is 4.79 Å². The Kier molecular flexibility index (Phi) is 7.80. The molecule has 2 aromatic rings. The lowest BCUT2D eigenvalue weighted by molar-refractivity contribution is -0.116. The second-order valence-electron chi connectivity index (χ2n) is 10.0. The van der Waals surface area contributed by atoms with Crippen LogP contribution in [0.1, 0.15) is 56.7 Å². The summed E-state index contributed by atoms with van der Waals surface area (Å²) in [5.41, 5.74) is 3.64. The van der Waals surface area contributed by atoms with Gasteiger partial charge >= 0.3 is 0 Å². The van der Waals surface area contributed by atoms with Gasteiger partial charge in [-0.05, 0) is 69.5 Å². The van der Waals surface area contributed by atoms with E-state index in [-0.39, 0.29) is 11.8 Å². The molecule has 1 aromatic heterocycles. The zero-order chi connectivity index (χ0) is 24.9. The summed E-state index contributed by atoms with van der Waals surface area (Å²) in [5.74, 6) is 1.72. The van der Waals surface area contributed by atoms with Crippen LogP contribution >= 0.6 is 0 Å². The summed E-state index contributed by atoms with van der Waals surface area (Å²) in [6, 6.07) is 8.94. The van der Waals surface area contributed by atoms with E-state index < -0.39 is 0 Å². The molecule has 4 rings (SSSR count). The number of anilines is 3. The number of carbonyl (C=O) groups is 1. The lowest BCUT2D eigenvalue weighted by Crippen LogP contribution is -2.36. The second-order valence-corrected chi connectivity index (χ2v) is 10.0. The third-order valence-corrected chi connectivity index (χ3v) is 6.91. The van der Waals surface area contributed by atoms with E-state index in [0.29, 0.717) is 36.3 Å². The van der Waals surface area contributed by atoms with Crippen LogP contribution in [0.2, 0.25) is 0 Å². The van der Waals surface area contributed by atoms with Crippen LogP contribution in [0.4, 0.5) is 23.1 Å². The van der Waals surface area contributed by atoms with Gasteiger partial charge in [-0.1, -0.05) is 32.6 Å². The number of amides is 1. The highest BCUT2D eigenvalue weighted by atomic mass is 16.1. The van der Waals surface area contributed by atoms with Gasteiger partial charge in [-0.25, -0.2) is 4.98 Å². The molecule has 1 aliphatic carbocycles. The summed E-state index contributed by atoms with van der Waals surface area (Å²) in [6.45, 7) is 8.31. The number of nitrogens with one attached hydrogen (secondary N) is 3. The Bertz CT molecular complexity index is 1090.